The molecule has 0 saturated carbocycles. The minimum atomic E-state index is 0.0493. The maximum atomic E-state index is 12.4. The molecule has 1 aliphatic rings. The summed E-state index contributed by atoms with van der Waals surface area (Å²) in [6, 6.07) is 13.1. The van der Waals surface area contributed by atoms with Crippen LogP contribution < -0.4 is 8.38 Å². The van der Waals surface area contributed by atoms with Crippen LogP contribution >= 0.6 is 23.0 Å². The number of nitrogens with zero attached hydrogens (tertiary/aromatic N) is 4. The van der Waals surface area contributed by atoms with E-state index in [-0.39, 0.29) is 5.91 Å². The molecule has 5 rings (SSSR count). The van der Waals surface area contributed by atoms with Gasteiger partial charge in [0.15, 0.2) is 23.0 Å². The van der Waals surface area contributed by atoms with Crippen molar-refractivity contribution >= 4 is 51.5 Å². The van der Waals surface area contributed by atoms with Crippen LogP contribution in [0.1, 0.15) is 16.9 Å². The number of H-pyrrole nitrogens is 1. The molecule has 1 saturated heterocycles. The molecule has 0 aliphatic carbocycles. The van der Waals surface area contributed by atoms with Gasteiger partial charge in [0.25, 0.3) is 5.91 Å². The second-order valence-corrected chi connectivity index (χ2v) is 7.42. The van der Waals surface area contributed by atoms with Crippen LogP contribution in [0.4, 0.5) is 11.6 Å². The Morgan fingerprint density at radius 3 is 2.73 bits per heavy atom. The van der Waals surface area contributed by atoms with Crippen molar-refractivity contribution in [2.75, 3.05) is 18.4 Å². The molecule has 4 aromatic rings. The number of hydrogen-bond donors (Lipinski definition) is 2. The second kappa shape index (κ2) is 7.90. The van der Waals surface area contributed by atoms with Gasteiger partial charge in [0.1, 0.15) is 11.4 Å². The number of aromatic amines is 1. The Balaban J connectivity index is 1.39. The van der Waals surface area contributed by atoms with Crippen LogP contribution in [0, 0.1) is 0 Å². The van der Waals surface area contributed by atoms with Gasteiger partial charge >= 0.3 is 0 Å². The van der Waals surface area contributed by atoms with Crippen molar-refractivity contribution in [1.29, 1.82) is 0 Å². The quantitative estimate of drug-likeness (QED) is 0.387. The Hall–Kier alpha value is -3.21. The second-order valence-electron chi connectivity index (χ2n) is 6.98. The number of fused-ring (bicyclic) bond motifs is 1. The topological polar surface area (TPSA) is 96.0 Å². The fraction of sp³-hybridized carbons (Fsp3) is 0.143. The first-order chi connectivity index (χ1) is 14.7. The zero-order chi connectivity index (χ0) is 20.5. The molecule has 9 heteroatoms. The molecule has 8 nitrogen and oxygen atoms in total. The van der Waals surface area contributed by atoms with Crippen molar-refractivity contribution in [3.8, 4) is 17.1 Å². The first-order valence-electron chi connectivity index (χ1n) is 9.47. The first-order valence-corrected chi connectivity index (χ1v) is 10.3. The van der Waals surface area contributed by atoms with Crippen LogP contribution in [0.2, 0.25) is 0 Å². The highest BCUT2D eigenvalue weighted by molar-refractivity contribution is 14.1. The summed E-state index contributed by atoms with van der Waals surface area (Å²) in [5.41, 5.74) is 3.75. The van der Waals surface area contributed by atoms with Crippen LogP contribution in [0.25, 0.3) is 22.3 Å². The van der Waals surface area contributed by atoms with Crippen LogP contribution in [0.3, 0.4) is 0 Å². The summed E-state index contributed by atoms with van der Waals surface area (Å²) < 4.78 is 5.23. The minimum absolute atomic E-state index is 0.0493. The van der Waals surface area contributed by atoms with Gasteiger partial charge in [-0.2, -0.15) is 0 Å². The van der Waals surface area contributed by atoms with E-state index in [0.29, 0.717) is 28.8 Å². The highest BCUT2D eigenvalue weighted by Crippen LogP contribution is 2.25. The van der Waals surface area contributed by atoms with Gasteiger partial charge in [-0.25, -0.2) is 9.97 Å². The number of hydrogen-bond acceptors (Lipinski definition) is 6. The minimum Gasteiger partial charge on any atom is -0.428 e. The highest BCUT2D eigenvalue weighted by Gasteiger charge is 2.22. The van der Waals surface area contributed by atoms with Gasteiger partial charge in [0.05, 0.1) is 11.4 Å². The third-order valence-electron chi connectivity index (χ3n) is 4.99. The molecular formula is C21H17IN6O2. The molecule has 0 radical (unpaired) electrons. The molecule has 0 unspecified atom stereocenters. The van der Waals surface area contributed by atoms with Crippen molar-refractivity contribution in [3.05, 3.63) is 60.6 Å². The number of pyridine rings is 1. The lowest BCUT2D eigenvalue weighted by Crippen LogP contribution is -2.42. The van der Waals surface area contributed by atoms with E-state index in [4.69, 9.17) is 3.07 Å². The average Bonchev–Trinajstić information content (AvgIpc) is 3.16. The molecule has 3 aromatic heterocycles. The van der Waals surface area contributed by atoms with Gasteiger partial charge in [-0.05, 0) is 42.8 Å². The van der Waals surface area contributed by atoms with Gasteiger partial charge in [-0.3, -0.25) is 9.78 Å². The van der Waals surface area contributed by atoms with Gasteiger partial charge in [-0.15, -0.1) is 0 Å². The normalized spacial score (nSPS) is 13.2. The van der Waals surface area contributed by atoms with Crippen molar-refractivity contribution in [2.45, 2.75) is 6.42 Å². The molecule has 1 aliphatic heterocycles. The van der Waals surface area contributed by atoms with Crippen molar-refractivity contribution in [2.24, 2.45) is 0 Å². The van der Waals surface area contributed by atoms with Crippen LogP contribution in [-0.2, 0) is 0 Å². The molecule has 0 atom stereocenters. The molecule has 4 heterocycles. The Labute approximate surface area is 186 Å². The number of amides is 1. The maximum Gasteiger partial charge on any atom is 0.270 e. The van der Waals surface area contributed by atoms with Crippen molar-refractivity contribution in [1.82, 2.24) is 24.8 Å². The van der Waals surface area contributed by atoms with Crippen molar-refractivity contribution in [3.63, 3.8) is 0 Å². The summed E-state index contributed by atoms with van der Waals surface area (Å²) in [7, 11) is 0. The predicted molar refractivity (Wildman–Crippen MR) is 122 cm³/mol. The van der Waals surface area contributed by atoms with Crippen LogP contribution in [0.15, 0.2) is 54.9 Å². The maximum absolute atomic E-state index is 12.4. The van der Waals surface area contributed by atoms with Gasteiger partial charge in [-0.1, -0.05) is 0 Å². The van der Waals surface area contributed by atoms with E-state index in [2.05, 4.69) is 25.3 Å². The largest absolute Gasteiger partial charge is 0.428 e. The van der Waals surface area contributed by atoms with Gasteiger partial charge < -0.3 is 18.3 Å². The van der Waals surface area contributed by atoms with E-state index in [1.54, 1.807) is 24.5 Å². The summed E-state index contributed by atoms with van der Waals surface area (Å²) in [6.45, 7) is 1.66. The lowest BCUT2D eigenvalue weighted by molar-refractivity contribution is 0.0646. The predicted octanol–water partition coefficient (Wildman–Crippen LogP) is 4.34. The molecule has 30 heavy (non-hydrogen) atoms. The lowest BCUT2D eigenvalue weighted by Gasteiger charge is -2.30. The summed E-state index contributed by atoms with van der Waals surface area (Å²) in [5, 5.41) is 4.18. The molecule has 150 valence electrons. The number of nitrogens with one attached hydrogen (secondary N) is 2. The summed E-state index contributed by atoms with van der Waals surface area (Å²) in [6.07, 6.45) is 4.43. The standard InChI is InChI=1S/C21H17IN6O2/c22-30-15-4-6-23-18(12-15)17-5-7-24-21(27-17)25-14-2-3-16-13(10-14)11-19(26-16)20(29)28-8-1-9-28/h2-7,10-12,26H,1,8-9H2,(H,24,25,27). The Bertz CT molecular complexity index is 1240. The zero-order valence-corrected chi connectivity index (χ0v) is 18.0. The van der Waals surface area contributed by atoms with Crippen molar-refractivity contribution < 1.29 is 7.86 Å². The Kier molecular flexibility index (Phi) is 4.95. The van der Waals surface area contributed by atoms with Crippen LogP contribution in [0.5, 0.6) is 5.75 Å². The monoisotopic (exact) mass is 512 g/mol. The first kappa shape index (κ1) is 18.8. The number of anilines is 2. The molecule has 0 spiro atoms. The van der Waals surface area contributed by atoms with E-state index in [9.17, 15) is 4.79 Å². The number of carbonyl (C=O) groups is 1. The van der Waals surface area contributed by atoms with E-state index in [0.717, 1.165) is 36.1 Å². The average molecular weight is 512 g/mol. The number of carbonyl (C=O) groups excluding carboxylic acids is 1. The summed E-state index contributed by atoms with van der Waals surface area (Å²) >= 11 is 1.83. The van der Waals surface area contributed by atoms with Crippen LogP contribution in [-0.4, -0.2) is 43.8 Å². The number of likely N-dealkylation sites (tertiary alicyclic amines) is 1. The molecule has 1 fully saturated rings. The third-order valence-corrected chi connectivity index (χ3v) is 5.50. The smallest absolute Gasteiger partial charge is 0.270 e. The molecule has 2 N–H and O–H groups in total. The van der Waals surface area contributed by atoms with E-state index >= 15 is 0 Å². The highest BCUT2D eigenvalue weighted by atomic mass is 127. The molecule has 0 bridgehead atoms. The fourth-order valence-electron chi connectivity index (χ4n) is 3.31. The number of benzene rings is 1. The SMILES string of the molecule is O=C(c1cc2cc(Nc3nccc(-c4cc(OI)ccn4)n3)ccc2[nH]1)N1CCC1. The molecule has 1 aromatic carbocycles. The van der Waals surface area contributed by atoms with E-state index in [1.165, 1.54) is 0 Å². The Morgan fingerprint density at radius 1 is 1.07 bits per heavy atom. The number of halogens is 1. The van der Waals surface area contributed by atoms with Gasteiger partial charge in [0, 0.05) is 48.1 Å². The molecular weight excluding hydrogens is 495 g/mol. The Morgan fingerprint density at radius 2 is 1.93 bits per heavy atom. The lowest BCUT2D eigenvalue weighted by atomic mass is 10.2. The fourth-order valence-corrected chi connectivity index (χ4v) is 3.58. The number of aromatic nitrogens is 4. The van der Waals surface area contributed by atoms with Gasteiger partial charge in [0.2, 0.25) is 5.95 Å². The third kappa shape index (κ3) is 3.67. The molecule has 1 amide bonds. The summed E-state index contributed by atoms with van der Waals surface area (Å²) in [4.78, 5) is 30.7. The summed E-state index contributed by atoms with van der Waals surface area (Å²) in [5.74, 6) is 1.21. The van der Waals surface area contributed by atoms with E-state index in [1.807, 2.05) is 58.2 Å². The number of rotatable bonds is 5. The van der Waals surface area contributed by atoms with E-state index < -0.39 is 0 Å². The zero-order valence-electron chi connectivity index (χ0n) is 15.8.